The first kappa shape index (κ1) is 20.0. The highest BCUT2D eigenvalue weighted by Crippen LogP contribution is 2.23. The van der Waals surface area contributed by atoms with Crippen molar-refractivity contribution in [3.63, 3.8) is 0 Å². The van der Waals surface area contributed by atoms with Gasteiger partial charge in [0.2, 0.25) is 0 Å². The van der Waals surface area contributed by atoms with Crippen molar-refractivity contribution in [2.75, 3.05) is 18.5 Å². The van der Waals surface area contributed by atoms with Crippen molar-refractivity contribution in [2.45, 2.75) is 13.5 Å². The SMILES string of the molecule is Cc1cccc2nc(COC(=O)c3cc([N+](=O)[O-])ccc3NCCO)cc(=O)n12. The number of nitrogens with zero attached hydrogens (tertiary/aromatic N) is 3. The van der Waals surface area contributed by atoms with Crippen molar-refractivity contribution in [1.29, 1.82) is 0 Å². The Morgan fingerprint density at radius 1 is 1.31 bits per heavy atom. The average Bonchev–Trinajstić information content (AvgIpc) is 2.70. The first-order chi connectivity index (χ1) is 13.9. The number of aryl methyl sites for hydroxylation is 1. The van der Waals surface area contributed by atoms with Crippen LogP contribution in [0, 0.1) is 17.0 Å². The van der Waals surface area contributed by atoms with Gasteiger partial charge < -0.3 is 15.2 Å². The lowest BCUT2D eigenvalue weighted by molar-refractivity contribution is -0.384. The molecule has 10 nitrogen and oxygen atoms in total. The van der Waals surface area contributed by atoms with Crippen molar-refractivity contribution in [3.8, 4) is 0 Å². The summed E-state index contributed by atoms with van der Waals surface area (Å²) in [6, 6.07) is 10.2. The Labute approximate surface area is 164 Å². The number of aliphatic hydroxyl groups is 1. The number of anilines is 1. The number of non-ortho nitro benzene ring substituents is 1. The number of carbonyl (C=O) groups excluding carboxylic acids is 1. The third-order valence-electron chi connectivity index (χ3n) is 4.15. The van der Waals surface area contributed by atoms with E-state index in [-0.39, 0.29) is 47.9 Å². The second-order valence-corrected chi connectivity index (χ2v) is 6.16. The molecule has 2 N–H and O–H groups in total. The first-order valence-corrected chi connectivity index (χ1v) is 8.69. The van der Waals surface area contributed by atoms with E-state index in [4.69, 9.17) is 9.84 Å². The molecule has 0 aliphatic carbocycles. The largest absolute Gasteiger partial charge is 0.456 e. The highest BCUT2D eigenvalue weighted by atomic mass is 16.6. The van der Waals surface area contributed by atoms with Gasteiger partial charge in [0.15, 0.2) is 0 Å². The van der Waals surface area contributed by atoms with Crippen molar-refractivity contribution in [1.82, 2.24) is 9.38 Å². The Morgan fingerprint density at radius 3 is 2.83 bits per heavy atom. The highest BCUT2D eigenvalue weighted by molar-refractivity contribution is 5.96. The minimum Gasteiger partial charge on any atom is -0.456 e. The van der Waals surface area contributed by atoms with Gasteiger partial charge in [0.05, 0.1) is 22.8 Å². The molecule has 150 valence electrons. The highest BCUT2D eigenvalue weighted by Gasteiger charge is 2.18. The zero-order valence-electron chi connectivity index (χ0n) is 15.5. The standard InChI is InChI=1S/C19H18N4O6/c1-12-3-2-4-17-21-13(9-18(25)22(12)17)11-29-19(26)15-10-14(23(27)28)5-6-16(15)20-7-8-24/h2-6,9-10,20,24H,7-8,11H2,1H3. The molecule has 10 heteroatoms. The second-order valence-electron chi connectivity index (χ2n) is 6.16. The van der Waals surface area contributed by atoms with Crippen LogP contribution in [-0.2, 0) is 11.3 Å². The summed E-state index contributed by atoms with van der Waals surface area (Å²) in [5, 5.41) is 22.8. The Balaban J connectivity index is 1.85. The number of aromatic nitrogens is 2. The number of esters is 1. The van der Waals surface area contributed by atoms with Gasteiger partial charge >= 0.3 is 5.97 Å². The fourth-order valence-electron chi connectivity index (χ4n) is 2.81. The molecule has 0 bridgehead atoms. The van der Waals surface area contributed by atoms with Crippen LogP contribution in [0.25, 0.3) is 5.65 Å². The van der Waals surface area contributed by atoms with Crippen LogP contribution >= 0.6 is 0 Å². The zero-order chi connectivity index (χ0) is 21.0. The maximum absolute atomic E-state index is 12.5. The van der Waals surface area contributed by atoms with E-state index in [1.165, 1.54) is 22.6 Å². The molecule has 3 aromatic rings. The van der Waals surface area contributed by atoms with Crippen molar-refractivity contribution >= 4 is 23.0 Å². The summed E-state index contributed by atoms with van der Waals surface area (Å²) >= 11 is 0. The normalized spacial score (nSPS) is 10.7. The number of aliphatic hydroxyl groups excluding tert-OH is 1. The monoisotopic (exact) mass is 398 g/mol. The summed E-state index contributed by atoms with van der Waals surface area (Å²) in [4.78, 5) is 39.5. The molecule has 0 atom stereocenters. The molecule has 0 aliphatic heterocycles. The van der Waals surface area contributed by atoms with Crippen LogP contribution in [0.5, 0.6) is 0 Å². The number of nitro benzene ring substituents is 1. The van der Waals surface area contributed by atoms with Crippen LogP contribution in [0.15, 0.2) is 47.3 Å². The number of carbonyl (C=O) groups is 1. The molecular weight excluding hydrogens is 380 g/mol. The van der Waals surface area contributed by atoms with Crippen LogP contribution in [0.4, 0.5) is 11.4 Å². The zero-order valence-corrected chi connectivity index (χ0v) is 15.5. The van der Waals surface area contributed by atoms with Crippen LogP contribution in [-0.4, -0.2) is 38.5 Å². The number of nitrogens with one attached hydrogen (secondary N) is 1. The van der Waals surface area contributed by atoms with E-state index in [1.54, 1.807) is 25.1 Å². The smallest absolute Gasteiger partial charge is 0.340 e. The summed E-state index contributed by atoms with van der Waals surface area (Å²) in [7, 11) is 0. The van der Waals surface area contributed by atoms with E-state index in [2.05, 4.69) is 10.3 Å². The molecule has 3 rings (SSSR count). The molecule has 0 unspecified atom stereocenters. The van der Waals surface area contributed by atoms with E-state index in [9.17, 15) is 19.7 Å². The molecule has 0 saturated heterocycles. The Hall–Kier alpha value is -3.79. The van der Waals surface area contributed by atoms with E-state index in [0.29, 0.717) is 5.65 Å². The third kappa shape index (κ3) is 4.38. The Kier molecular flexibility index (Phi) is 5.84. The number of rotatable bonds is 7. The van der Waals surface area contributed by atoms with E-state index < -0.39 is 10.9 Å². The van der Waals surface area contributed by atoms with Crippen LogP contribution in [0.2, 0.25) is 0 Å². The summed E-state index contributed by atoms with van der Waals surface area (Å²) in [5.74, 6) is -0.819. The number of ether oxygens (including phenoxy) is 1. The molecule has 0 aliphatic rings. The van der Waals surface area contributed by atoms with Gasteiger partial charge in [0, 0.05) is 36.1 Å². The minimum absolute atomic E-state index is 0.0546. The van der Waals surface area contributed by atoms with Gasteiger partial charge in [-0.25, -0.2) is 9.78 Å². The molecule has 0 fully saturated rings. The van der Waals surface area contributed by atoms with Gasteiger partial charge in [-0.15, -0.1) is 0 Å². The topological polar surface area (TPSA) is 136 Å². The maximum Gasteiger partial charge on any atom is 0.340 e. The maximum atomic E-state index is 12.5. The molecule has 1 aromatic carbocycles. The number of nitro groups is 1. The van der Waals surface area contributed by atoms with Gasteiger partial charge in [-0.05, 0) is 25.1 Å². The second kappa shape index (κ2) is 8.48. The number of fused-ring (bicyclic) bond motifs is 1. The summed E-state index contributed by atoms with van der Waals surface area (Å²) in [6.45, 7) is 1.47. The number of hydrogen-bond acceptors (Lipinski definition) is 8. The summed E-state index contributed by atoms with van der Waals surface area (Å²) in [5.41, 5.74) is 1.05. The lowest BCUT2D eigenvalue weighted by atomic mass is 10.1. The van der Waals surface area contributed by atoms with E-state index in [0.717, 1.165) is 11.8 Å². The average molecular weight is 398 g/mol. The summed E-state index contributed by atoms with van der Waals surface area (Å²) < 4.78 is 6.66. The van der Waals surface area contributed by atoms with Crippen molar-refractivity contribution < 1.29 is 19.6 Å². The molecule has 0 spiro atoms. The van der Waals surface area contributed by atoms with Gasteiger partial charge in [-0.2, -0.15) is 0 Å². The van der Waals surface area contributed by atoms with Crippen LogP contribution in [0.1, 0.15) is 21.7 Å². The molecule has 0 saturated carbocycles. The van der Waals surface area contributed by atoms with E-state index in [1.807, 2.05) is 0 Å². The number of hydrogen-bond donors (Lipinski definition) is 2. The predicted molar refractivity (Wildman–Crippen MR) is 104 cm³/mol. The van der Waals surface area contributed by atoms with Crippen LogP contribution in [0.3, 0.4) is 0 Å². The van der Waals surface area contributed by atoms with Gasteiger partial charge in [-0.3, -0.25) is 19.3 Å². The van der Waals surface area contributed by atoms with Crippen molar-refractivity contribution in [3.05, 3.63) is 79.9 Å². The lowest BCUT2D eigenvalue weighted by Crippen LogP contribution is -2.18. The quantitative estimate of drug-likeness (QED) is 0.348. The molecule has 0 amide bonds. The van der Waals surface area contributed by atoms with Gasteiger partial charge in [0.25, 0.3) is 11.2 Å². The molecule has 2 heterocycles. The Morgan fingerprint density at radius 2 is 2.10 bits per heavy atom. The van der Waals surface area contributed by atoms with Gasteiger partial charge in [-0.1, -0.05) is 6.07 Å². The predicted octanol–water partition coefficient (Wildman–Crippen LogP) is 1.67. The molecule has 29 heavy (non-hydrogen) atoms. The van der Waals surface area contributed by atoms with Gasteiger partial charge in [0.1, 0.15) is 12.3 Å². The minimum atomic E-state index is -0.819. The van der Waals surface area contributed by atoms with E-state index >= 15 is 0 Å². The van der Waals surface area contributed by atoms with Crippen molar-refractivity contribution in [2.24, 2.45) is 0 Å². The number of benzene rings is 1. The molecule has 2 aromatic heterocycles. The fourth-order valence-corrected chi connectivity index (χ4v) is 2.81. The summed E-state index contributed by atoms with van der Waals surface area (Å²) in [6.07, 6.45) is 0. The Bertz CT molecular complexity index is 1140. The number of pyridine rings is 1. The first-order valence-electron chi connectivity index (χ1n) is 8.69. The van der Waals surface area contributed by atoms with Crippen LogP contribution < -0.4 is 10.9 Å². The lowest BCUT2D eigenvalue weighted by Gasteiger charge is -2.11. The molecular formula is C19H18N4O6. The fraction of sp³-hybridized carbons (Fsp3) is 0.211. The third-order valence-corrected chi connectivity index (χ3v) is 4.15. The molecule has 0 radical (unpaired) electrons.